The van der Waals surface area contributed by atoms with Crippen LogP contribution in [0.3, 0.4) is 0 Å². The summed E-state index contributed by atoms with van der Waals surface area (Å²) in [4.78, 5) is 0. The SMILES string of the molecule is CCCCc1ccccc1.[Br-].[CH2-]C.[Mg+2]. The maximum absolute atomic E-state index is 3.25. The summed E-state index contributed by atoms with van der Waals surface area (Å²) in [5.41, 5.74) is 1.46. The van der Waals surface area contributed by atoms with Gasteiger partial charge in [0.1, 0.15) is 0 Å². The molecule has 0 radical (unpaired) electrons. The largest absolute Gasteiger partial charge is 2.00 e. The molecule has 1 aromatic carbocycles. The van der Waals surface area contributed by atoms with Gasteiger partial charge in [0.25, 0.3) is 0 Å². The summed E-state index contributed by atoms with van der Waals surface area (Å²) in [6, 6.07) is 10.6. The fraction of sp³-hybridized carbons (Fsp3) is 0.417. The van der Waals surface area contributed by atoms with Crippen LogP contribution in [0.5, 0.6) is 0 Å². The maximum atomic E-state index is 3.25. The first-order valence-corrected chi connectivity index (χ1v) is 4.68. The van der Waals surface area contributed by atoms with Crippen molar-refractivity contribution in [2.45, 2.75) is 33.1 Å². The fourth-order valence-corrected chi connectivity index (χ4v) is 1.03. The van der Waals surface area contributed by atoms with Crippen molar-refractivity contribution in [3.05, 3.63) is 42.8 Å². The predicted octanol–water partition coefficient (Wildman–Crippen LogP) is 0.493. The molecule has 0 atom stereocenters. The van der Waals surface area contributed by atoms with E-state index >= 15 is 0 Å². The van der Waals surface area contributed by atoms with E-state index in [0.717, 1.165) is 0 Å². The molecule has 2 heteroatoms. The molecule has 0 aliphatic carbocycles. The van der Waals surface area contributed by atoms with Crippen LogP contribution in [-0.2, 0) is 6.42 Å². The minimum absolute atomic E-state index is 0. The number of aryl methyl sites for hydroxylation is 1. The Labute approximate surface area is 115 Å². The zero-order valence-corrected chi connectivity index (χ0v) is 12.3. The van der Waals surface area contributed by atoms with Gasteiger partial charge in [-0.3, -0.25) is 0 Å². The van der Waals surface area contributed by atoms with Crippen molar-refractivity contribution < 1.29 is 17.0 Å². The van der Waals surface area contributed by atoms with E-state index in [9.17, 15) is 0 Å². The summed E-state index contributed by atoms with van der Waals surface area (Å²) in [6.45, 7) is 7.23. The first kappa shape index (κ1) is 20.0. The number of rotatable bonds is 3. The molecule has 0 nitrogen and oxygen atoms in total. The standard InChI is InChI=1S/C10H14.C2H5.BrH.Mg/c1-2-3-7-10-8-5-4-6-9-10;1-2;;/h4-6,8-9H,2-3,7H2,1H3;1H2,2H3;1H;/q;-1;;+2/p-1. The molecule has 0 aromatic heterocycles. The van der Waals surface area contributed by atoms with Crippen molar-refractivity contribution in [3.8, 4) is 0 Å². The summed E-state index contributed by atoms with van der Waals surface area (Å²) in [7, 11) is 0. The molecule has 1 rings (SSSR count). The second-order valence-corrected chi connectivity index (χ2v) is 2.59. The van der Waals surface area contributed by atoms with Crippen LogP contribution in [0, 0.1) is 6.92 Å². The van der Waals surface area contributed by atoms with E-state index in [1.54, 1.807) is 6.92 Å². The zero-order valence-electron chi connectivity index (χ0n) is 9.30. The molecule has 0 aliphatic heterocycles. The van der Waals surface area contributed by atoms with Crippen LogP contribution in [0.2, 0.25) is 0 Å². The van der Waals surface area contributed by atoms with E-state index in [2.05, 4.69) is 44.2 Å². The second kappa shape index (κ2) is 15.9. The van der Waals surface area contributed by atoms with Crippen LogP contribution in [0.15, 0.2) is 30.3 Å². The third-order valence-corrected chi connectivity index (χ3v) is 1.66. The van der Waals surface area contributed by atoms with Crippen LogP contribution in [0.25, 0.3) is 0 Å². The molecule has 0 spiro atoms. The fourth-order valence-electron chi connectivity index (χ4n) is 1.03. The van der Waals surface area contributed by atoms with Crippen molar-refractivity contribution >= 4 is 23.1 Å². The van der Waals surface area contributed by atoms with Gasteiger partial charge in [0.05, 0.1) is 0 Å². The van der Waals surface area contributed by atoms with Crippen molar-refractivity contribution in [2.24, 2.45) is 0 Å². The monoisotopic (exact) mass is 266 g/mol. The molecule has 14 heavy (non-hydrogen) atoms. The Bertz CT molecular complexity index is 175. The minimum Gasteiger partial charge on any atom is -1.00 e. The Kier molecular flexibility index (Phi) is 22.7. The van der Waals surface area contributed by atoms with Crippen molar-refractivity contribution in [1.82, 2.24) is 0 Å². The Balaban J connectivity index is -0.000000284. The van der Waals surface area contributed by atoms with Gasteiger partial charge in [0.15, 0.2) is 0 Å². The summed E-state index contributed by atoms with van der Waals surface area (Å²) in [5.74, 6) is 0. The number of halogens is 1. The molecule has 0 amide bonds. The Hall–Kier alpha value is 0.466. The summed E-state index contributed by atoms with van der Waals surface area (Å²) in [6.07, 6.45) is 3.83. The Morgan fingerprint density at radius 3 is 2.00 bits per heavy atom. The first-order chi connectivity index (χ1) is 5.93. The smallest absolute Gasteiger partial charge is 1.00 e. The molecular formula is C12H19BrMg. The van der Waals surface area contributed by atoms with Crippen molar-refractivity contribution in [2.75, 3.05) is 0 Å². The van der Waals surface area contributed by atoms with Gasteiger partial charge >= 0.3 is 23.1 Å². The third kappa shape index (κ3) is 10.5. The molecule has 0 saturated carbocycles. The van der Waals surface area contributed by atoms with Gasteiger partial charge in [-0.1, -0.05) is 43.7 Å². The average molecular weight is 267 g/mol. The number of hydrogen-bond acceptors (Lipinski definition) is 0. The summed E-state index contributed by atoms with van der Waals surface area (Å²) < 4.78 is 0. The van der Waals surface area contributed by atoms with Gasteiger partial charge in [-0.15, -0.1) is 0 Å². The van der Waals surface area contributed by atoms with Gasteiger partial charge in [-0.25, -0.2) is 0 Å². The first-order valence-electron chi connectivity index (χ1n) is 4.68. The molecule has 0 fully saturated rings. The topological polar surface area (TPSA) is 0 Å². The molecule has 0 heterocycles. The zero-order chi connectivity index (χ0) is 9.23. The van der Waals surface area contributed by atoms with Crippen molar-refractivity contribution in [1.29, 1.82) is 0 Å². The Morgan fingerprint density at radius 1 is 1.07 bits per heavy atom. The van der Waals surface area contributed by atoms with Crippen LogP contribution in [-0.4, -0.2) is 23.1 Å². The van der Waals surface area contributed by atoms with E-state index in [-0.39, 0.29) is 40.0 Å². The van der Waals surface area contributed by atoms with Gasteiger partial charge in [-0.2, -0.15) is 6.92 Å². The summed E-state index contributed by atoms with van der Waals surface area (Å²) >= 11 is 0. The molecule has 0 N–H and O–H groups in total. The van der Waals surface area contributed by atoms with Crippen LogP contribution >= 0.6 is 0 Å². The normalized spacial score (nSPS) is 7.36. The molecule has 0 aliphatic rings. The summed E-state index contributed by atoms with van der Waals surface area (Å²) in [5, 5.41) is 0. The van der Waals surface area contributed by atoms with E-state index < -0.39 is 0 Å². The average Bonchev–Trinajstić information content (AvgIpc) is 2.19. The second-order valence-electron chi connectivity index (χ2n) is 2.59. The molecular weight excluding hydrogens is 248 g/mol. The molecule has 76 valence electrons. The number of hydrogen-bond donors (Lipinski definition) is 0. The van der Waals surface area contributed by atoms with Crippen LogP contribution in [0.4, 0.5) is 0 Å². The van der Waals surface area contributed by atoms with Gasteiger partial charge < -0.3 is 23.9 Å². The van der Waals surface area contributed by atoms with Gasteiger partial charge in [-0.05, 0) is 18.4 Å². The minimum atomic E-state index is 0. The van der Waals surface area contributed by atoms with Crippen molar-refractivity contribution in [3.63, 3.8) is 0 Å². The van der Waals surface area contributed by atoms with Crippen LogP contribution < -0.4 is 17.0 Å². The molecule has 0 saturated heterocycles. The third-order valence-electron chi connectivity index (χ3n) is 1.66. The maximum Gasteiger partial charge on any atom is 2.00 e. The Morgan fingerprint density at radius 2 is 1.57 bits per heavy atom. The predicted molar refractivity (Wildman–Crippen MR) is 61.8 cm³/mol. The number of benzene rings is 1. The molecule has 0 bridgehead atoms. The van der Waals surface area contributed by atoms with E-state index in [1.165, 1.54) is 24.8 Å². The van der Waals surface area contributed by atoms with Gasteiger partial charge in [0.2, 0.25) is 0 Å². The van der Waals surface area contributed by atoms with Crippen LogP contribution in [0.1, 0.15) is 32.3 Å². The number of unbranched alkanes of at least 4 members (excludes halogenated alkanes) is 1. The quantitative estimate of drug-likeness (QED) is 0.552. The van der Waals surface area contributed by atoms with Gasteiger partial charge in [0, 0.05) is 0 Å². The van der Waals surface area contributed by atoms with E-state index in [0.29, 0.717) is 0 Å². The van der Waals surface area contributed by atoms with E-state index in [4.69, 9.17) is 0 Å². The molecule has 1 aromatic rings. The van der Waals surface area contributed by atoms with E-state index in [1.807, 2.05) is 0 Å². The molecule has 0 unspecified atom stereocenters.